The Kier molecular flexibility index (Phi) is 4.17. The Labute approximate surface area is 140 Å². The zero-order valence-electron chi connectivity index (χ0n) is 14.5. The normalized spacial score (nSPS) is 41.0. The van der Waals surface area contributed by atoms with Gasteiger partial charge in [0.1, 0.15) is 0 Å². The average molecular weight is 320 g/mol. The van der Waals surface area contributed by atoms with Crippen molar-refractivity contribution in [2.24, 2.45) is 28.6 Å². The van der Waals surface area contributed by atoms with Crippen LogP contribution in [0.25, 0.3) is 0 Å². The number of nitrogens with one attached hydrogen (secondary N) is 2. The molecule has 1 aliphatic heterocycles. The predicted molar refractivity (Wildman–Crippen MR) is 90.0 cm³/mol. The predicted octanol–water partition coefficient (Wildman–Crippen LogP) is 2.34. The molecule has 0 aromatic carbocycles. The van der Waals surface area contributed by atoms with E-state index >= 15 is 0 Å². The summed E-state index contributed by atoms with van der Waals surface area (Å²) in [5.41, 5.74) is 0.119. The summed E-state index contributed by atoms with van der Waals surface area (Å²) in [5.74, 6) is 2.86. The Morgan fingerprint density at radius 3 is 2.17 bits per heavy atom. The zero-order chi connectivity index (χ0) is 15.9. The number of methoxy groups -OCH3 is 1. The maximum absolute atomic E-state index is 13.1. The van der Waals surface area contributed by atoms with Gasteiger partial charge in [0.15, 0.2) is 0 Å². The highest BCUT2D eigenvalue weighted by Gasteiger charge is 2.54. The monoisotopic (exact) mass is 320 g/mol. The van der Waals surface area contributed by atoms with Gasteiger partial charge in [-0.05, 0) is 82.2 Å². The van der Waals surface area contributed by atoms with E-state index in [1.807, 2.05) is 0 Å². The van der Waals surface area contributed by atoms with Crippen LogP contribution in [-0.2, 0) is 9.53 Å². The molecule has 4 nitrogen and oxygen atoms in total. The molecule has 4 aliphatic carbocycles. The van der Waals surface area contributed by atoms with Crippen LogP contribution in [0.15, 0.2) is 0 Å². The first-order chi connectivity index (χ1) is 11.1. The van der Waals surface area contributed by atoms with Gasteiger partial charge in [-0.25, -0.2) is 0 Å². The van der Waals surface area contributed by atoms with E-state index in [2.05, 4.69) is 10.6 Å². The minimum absolute atomic E-state index is 0.0179. The van der Waals surface area contributed by atoms with Gasteiger partial charge in [-0.2, -0.15) is 0 Å². The van der Waals surface area contributed by atoms with Crippen LogP contribution in [-0.4, -0.2) is 39.3 Å². The van der Waals surface area contributed by atoms with Crippen molar-refractivity contribution in [2.45, 2.75) is 51.4 Å². The first kappa shape index (κ1) is 15.9. The molecule has 0 spiro atoms. The van der Waals surface area contributed by atoms with Crippen molar-refractivity contribution in [3.63, 3.8) is 0 Å². The van der Waals surface area contributed by atoms with Crippen LogP contribution in [0, 0.1) is 28.6 Å². The summed E-state index contributed by atoms with van der Waals surface area (Å²) < 4.78 is 5.49. The number of hydrogen-bond acceptors (Lipinski definition) is 3. The van der Waals surface area contributed by atoms with E-state index in [0.717, 1.165) is 76.1 Å². The second kappa shape index (κ2) is 6.03. The second-order valence-corrected chi connectivity index (χ2v) is 9.06. The fourth-order valence-electron chi connectivity index (χ4n) is 6.48. The van der Waals surface area contributed by atoms with Crippen molar-refractivity contribution in [3.05, 3.63) is 0 Å². The van der Waals surface area contributed by atoms with Crippen LogP contribution in [0.5, 0.6) is 0 Å². The summed E-state index contributed by atoms with van der Waals surface area (Å²) in [6, 6.07) is 0. The number of ether oxygens (including phenoxy) is 1. The summed E-state index contributed by atoms with van der Waals surface area (Å²) >= 11 is 0. The van der Waals surface area contributed by atoms with Crippen LogP contribution in [0.2, 0.25) is 0 Å². The summed E-state index contributed by atoms with van der Waals surface area (Å²) in [5, 5.41) is 6.81. The number of piperidine rings is 1. The number of carbonyl (C=O) groups excluding carboxylic acids is 1. The lowest BCUT2D eigenvalue weighted by molar-refractivity contribution is -0.147. The Balaban J connectivity index is 1.41. The zero-order valence-corrected chi connectivity index (χ0v) is 14.5. The van der Waals surface area contributed by atoms with E-state index in [1.165, 1.54) is 19.3 Å². The largest absolute Gasteiger partial charge is 0.384 e. The van der Waals surface area contributed by atoms with Crippen molar-refractivity contribution in [1.82, 2.24) is 10.6 Å². The second-order valence-electron chi connectivity index (χ2n) is 9.06. The third kappa shape index (κ3) is 2.93. The SMILES string of the molecule is COCC1(CNC(=O)C23CC4CC(CC(C4)C2)C3)CCNCC1. The van der Waals surface area contributed by atoms with E-state index in [1.54, 1.807) is 7.11 Å². The summed E-state index contributed by atoms with van der Waals surface area (Å²) in [4.78, 5) is 13.1. The Hall–Kier alpha value is -0.610. The van der Waals surface area contributed by atoms with Crippen molar-refractivity contribution in [3.8, 4) is 0 Å². The molecular formula is C19H32N2O2. The van der Waals surface area contributed by atoms with Gasteiger partial charge in [-0.1, -0.05) is 0 Å². The Morgan fingerprint density at radius 1 is 1.09 bits per heavy atom. The Morgan fingerprint density at radius 2 is 1.65 bits per heavy atom. The third-order valence-electron chi connectivity index (χ3n) is 7.26. The molecule has 0 aromatic rings. The topological polar surface area (TPSA) is 50.4 Å². The van der Waals surface area contributed by atoms with Gasteiger partial charge in [-0.3, -0.25) is 4.79 Å². The lowest BCUT2D eigenvalue weighted by atomic mass is 9.49. The standard InChI is InChI=1S/C19H32N2O2/c1-23-13-18(2-4-20-5-3-18)12-21-17(22)19-9-14-6-15(10-19)8-16(7-14)11-19/h14-16,20H,2-13H2,1H3,(H,21,22). The molecule has 1 heterocycles. The smallest absolute Gasteiger partial charge is 0.226 e. The van der Waals surface area contributed by atoms with Crippen LogP contribution in [0.3, 0.4) is 0 Å². The van der Waals surface area contributed by atoms with E-state index < -0.39 is 0 Å². The molecule has 5 rings (SSSR count). The van der Waals surface area contributed by atoms with E-state index in [9.17, 15) is 4.79 Å². The number of amides is 1. The Bertz CT molecular complexity index is 415. The molecule has 5 fully saturated rings. The quantitative estimate of drug-likeness (QED) is 0.817. The number of hydrogen-bond donors (Lipinski definition) is 2. The van der Waals surface area contributed by atoms with Crippen molar-refractivity contribution >= 4 is 5.91 Å². The minimum Gasteiger partial charge on any atom is -0.384 e. The van der Waals surface area contributed by atoms with E-state index in [0.29, 0.717) is 5.91 Å². The molecule has 2 N–H and O–H groups in total. The van der Waals surface area contributed by atoms with Gasteiger partial charge in [-0.15, -0.1) is 0 Å². The van der Waals surface area contributed by atoms with Gasteiger partial charge in [0.05, 0.1) is 6.61 Å². The maximum atomic E-state index is 13.1. The third-order valence-corrected chi connectivity index (χ3v) is 7.26. The van der Waals surface area contributed by atoms with E-state index in [4.69, 9.17) is 4.74 Å². The van der Waals surface area contributed by atoms with Gasteiger partial charge < -0.3 is 15.4 Å². The molecule has 1 saturated heterocycles. The van der Waals surface area contributed by atoms with Crippen LogP contribution < -0.4 is 10.6 Å². The molecule has 0 radical (unpaired) electrons. The molecule has 0 aromatic heterocycles. The minimum atomic E-state index is -0.0179. The molecule has 130 valence electrons. The summed E-state index contributed by atoms with van der Waals surface area (Å²) in [7, 11) is 1.78. The van der Waals surface area contributed by atoms with Crippen molar-refractivity contribution in [2.75, 3.05) is 33.4 Å². The molecule has 0 unspecified atom stereocenters. The lowest BCUT2D eigenvalue weighted by Crippen LogP contribution is -2.56. The highest BCUT2D eigenvalue weighted by Crippen LogP contribution is 2.60. The molecule has 5 aliphatic rings. The molecular weight excluding hydrogens is 288 g/mol. The number of rotatable bonds is 5. The molecule has 4 saturated carbocycles. The highest BCUT2D eigenvalue weighted by molar-refractivity contribution is 5.83. The summed E-state index contributed by atoms with van der Waals surface area (Å²) in [6.45, 7) is 3.63. The first-order valence-electron chi connectivity index (χ1n) is 9.61. The number of carbonyl (C=O) groups is 1. The van der Waals surface area contributed by atoms with E-state index in [-0.39, 0.29) is 10.8 Å². The molecule has 1 amide bonds. The lowest BCUT2D eigenvalue weighted by Gasteiger charge is -2.55. The van der Waals surface area contributed by atoms with Gasteiger partial charge >= 0.3 is 0 Å². The fourth-order valence-corrected chi connectivity index (χ4v) is 6.48. The average Bonchev–Trinajstić information content (AvgIpc) is 2.52. The van der Waals surface area contributed by atoms with Crippen LogP contribution in [0.1, 0.15) is 51.4 Å². The van der Waals surface area contributed by atoms with Gasteiger partial charge in [0.2, 0.25) is 5.91 Å². The van der Waals surface area contributed by atoms with Crippen LogP contribution in [0.4, 0.5) is 0 Å². The molecule has 4 bridgehead atoms. The summed E-state index contributed by atoms with van der Waals surface area (Å²) in [6.07, 6.45) is 9.85. The van der Waals surface area contributed by atoms with Gasteiger partial charge in [0, 0.05) is 24.5 Å². The molecule has 23 heavy (non-hydrogen) atoms. The van der Waals surface area contributed by atoms with Crippen molar-refractivity contribution < 1.29 is 9.53 Å². The maximum Gasteiger partial charge on any atom is 0.226 e. The first-order valence-corrected chi connectivity index (χ1v) is 9.61. The highest BCUT2D eigenvalue weighted by atomic mass is 16.5. The fraction of sp³-hybridized carbons (Fsp3) is 0.947. The molecule has 4 heteroatoms. The molecule has 0 atom stereocenters. The van der Waals surface area contributed by atoms with Crippen molar-refractivity contribution in [1.29, 1.82) is 0 Å². The van der Waals surface area contributed by atoms with Gasteiger partial charge in [0.25, 0.3) is 0 Å². The van der Waals surface area contributed by atoms with Crippen LogP contribution >= 0.6 is 0 Å².